The molecule has 1 saturated carbocycles. The molecule has 0 aromatic heterocycles. The lowest BCUT2D eigenvalue weighted by atomic mass is 10.1. The van der Waals surface area contributed by atoms with Gasteiger partial charge in [0.05, 0.1) is 0 Å². The number of aryl methyl sites for hydroxylation is 1. The first-order valence-electron chi connectivity index (χ1n) is 10.5. The molecular formula is C24H29ClN2O3. The lowest BCUT2D eigenvalue weighted by molar-refractivity contribution is -0.142. The van der Waals surface area contributed by atoms with E-state index in [0.717, 1.165) is 36.8 Å². The summed E-state index contributed by atoms with van der Waals surface area (Å²) in [5, 5.41) is 3.73. The fourth-order valence-corrected chi connectivity index (χ4v) is 3.75. The second-order valence-corrected chi connectivity index (χ2v) is 8.35. The SMILES string of the molecule is Cc1ccc(OCC(=O)N(Cc2ccc(Cl)cc2)C(C)C(=O)NC2CCCC2)cc1. The predicted molar refractivity (Wildman–Crippen MR) is 119 cm³/mol. The van der Waals surface area contributed by atoms with Crippen molar-refractivity contribution in [2.75, 3.05) is 6.61 Å². The highest BCUT2D eigenvalue weighted by Gasteiger charge is 2.28. The van der Waals surface area contributed by atoms with Gasteiger partial charge in [-0.3, -0.25) is 9.59 Å². The van der Waals surface area contributed by atoms with Crippen molar-refractivity contribution in [3.05, 3.63) is 64.7 Å². The van der Waals surface area contributed by atoms with Crippen LogP contribution in [-0.4, -0.2) is 35.4 Å². The van der Waals surface area contributed by atoms with Crippen LogP contribution in [0.5, 0.6) is 5.75 Å². The number of carbonyl (C=O) groups excluding carboxylic acids is 2. The maximum atomic E-state index is 13.0. The molecule has 0 aliphatic heterocycles. The standard InChI is InChI=1S/C24H29ClN2O3/c1-17-7-13-22(14-8-17)30-16-23(28)27(15-19-9-11-20(25)12-10-19)18(2)24(29)26-21-5-3-4-6-21/h7-14,18,21H,3-6,15-16H2,1-2H3,(H,26,29). The molecule has 2 amide bonds. The molecule has 1 N–H and O–H groups in total. The van der Waals surface area contributed by atoms with Crippen LogP contribution in [0, 0.1) is 6.92 Å². The average Bonchev–Trinajstić information content (AvgIpc) is 3.25. The molecular weight excluding hydrogens is 400 g/mol. The van der Waals surface area contributed by atoms with Gasteiger partial charge in [0.1, 0.15) is 11.8 Å². The highest BCUT2D eigenvalue weighted by Crippen LogP contribution is 2.19. The van der Waals surface area contributed by atoms with Crippen molar-refractivity contribution in [2.45, 2.75) is 58.2 Å². The highest BCUT2D eigenvalue weighted by molar-refractivity contribution is 6.30. The van der Waals surface area contributed by atoms with Gasteiger partial charge in [0.25, 0.3) is 5.91 Å². The van der Waals surface area contributed by atoms with Crippen LogP contribution in [0.15, 0.2) is 48.5 Å². The molecule has 160 valence electrons. The average molecular weight is 429 g/mol. The summed E-state index contributed by atoms with van der Waals surface area (Å²) in [5.74, 6) is 0.266. The number of ether oxygens (including phenoxy) is 1. The molecule has 1 aliphatic carbocycles. The number of hydrogen-bond donors (Lipinski definition) is 1. The number of nitrogens with zero attached hydrogens (tertiary/aromatic N) is 1. The summed E-state index contributed by atoms with van der Waals surface area (Å²) in [7, 11) is 0. The number of nitrogens with one attached hydrogen (secondary N) is 1. The van der Waals surface area contributed by atoms with Gasteiger partial charge in [-0.25, -0.2) is 0 Å². The monoisotopic (exact) mass is 428 g/mol. The topological polar surface area (TPSA) is 58.6 Å². The van der Waals surface area contributed by atoms with Crippen molar-refractivity contribution in [2.24, 2.45) is 0 Å². The van der Waals surface area contributed by atoms with Crippen molar-refractivity contribution in [3.8, 4) is 5.75 Å². The molecule has 1 fully saturated rings. The Morgan fingerprint density at radius 1 is 1.10 bits per heavy atom. The van der Waals surface area contributed by atoms with Crippen LogP contribution in [0.2, 0.25) is 5.02 Å². The smallest absolute Gasteiger partial charge is 0.261 e. The van der Waals surface area contributed by atoms with E-state index < -0.39 is 6.04 Å². The molecule has 2 aromatic rings. The molecule has 0 radical (unpaired) electrons. The molecule has 3 rings (SSSR count). The molecule has 1 unspecified atom stereocenters. The number of rotatable bonds is 8. The molecule has 1 aliphatic rings. The number of amides is 2. The summed E-state index contributed by atoms with van der Waals surface area (Å²) in [4.78, 5) is 27.4. The zero-order valence-electron chi connectivity index (χ0n) is 17.6. The molecule has 0 spiro atoms. The summed E-state index contributed by atoms with van der Waals surface area (Å²) < 4.78 is 5.68. The third-order valence-electron chi connectivity index (χ3n) is 5.52. The third-order valence-corrected chi connectivity index (χ3v) is 5.77. The van der Waals surface area contributed by atoms with Gasteiger partial charge >= 0.3 is 0 Å². The van der Waals surface area contributed by atoms with Crippen molar-refractivity contribution in [3.63, 3.8) is 0 Å². The van der Waals surface area contributed by atoms with Crippen LogP contribution in [-0.2, 0) is 16.1 Å². The second kappa shape index (κ2) is 10.5. The molecule has 6 heteroatoms. The van der Waals surface area contributed by atoms with Crippen molar-refractivity contribution in [1.82, 2.24) is 10.2 Å². The fourth-order valence-electron chi connectivity index (χ4n) is 3.62. The fraction of sp³-hybridized carbons (Fsp3) is 0.417. The molecule has 30 heavy (non-hydrogen) atoms. The zero-order valence-corrected chi connectivity index (χ0v) is 18.3. The van der Waals surface area contributed by atoms with Gasteiger partial charge in [-0.1, -0.05) is 54.3 Å². The quantitative estimate of drug-likeness (QED) is 0.673. The summed E-state index contributed by atoms with van der Waals surface area (Å²) in [6.45, 7) is 3.95. The lowest BCUT2D eigenvalue weighted by Crippen LogP contribution is -2.50. The Morgan fingerprint density at radius 2 is 1.73 bits per heavy atom. The largest absolute Gasteiger partial charge is 0.484 e. The first kappa shape index (κ1) is 22.2. The first-order valence-corrected chi connectivity index (χ1v) is 10.8. The third kappa shape index (κ3) is 6.23. The minimum absolute atomic E-state index is 0.125. The van der Waals surface area contributed by atoms with Gasteiger partial charge in [-0.2, -0.15) is 0 Å². The van der Waals surface area contributed by atoms with Crippen LogP contribution in [0.3, 0.4) is 0 Å². The van der Waals surface area contributed by atoms with Crippen molar-refractivity contribution < 1.29 is 14.3 Å². The van der Waals surface area contributed by atoms with Crippen molar-refractivity contribution >= 4 is 23.4 Å². The van der Waals surface area contributed by atoms with E-state index in [2.05, 4.69) is 5.32 Å². The molecule has 2 aromatic carbocycles. The number of carbonyl (C=O) groups is 2. The molecule has 0 bridgehead atoms. The van der Waals surface area contributed by atoms with E-state index in [1.807, 2.05) is 43.3 Å². The van der Waals surface area contributed by atoms with Gasteiger partial charge in [-0.15, -0.1) is 0 Å². The van der Waals surface area contributed by atoms with Gasteiger partial charge < -0.3 is 15.0 Å². The van der Waals surface area contributed by atoms with Gasteiger partial charge in [0.15, 0.2) is 6.61 Å². The summed E-state index contributed by atoms with van der Waals surface area (Å²) >= 11 is 5.98. The highest BCUT2D eigenvalue weighted by atomic mass is 35.5. The predicted octanol–water partition coefficient (Wildman–Crippen LogP) is 4.50. The Hall–Kier alpha value is -2.53. The van der Waals surface area contributed by atoms with E-state index in [9.17, 15) is 9.59 Å². The molecule has 0 heterocycles. The Morgan fingerprint density at radius 3 is 2.37 bits per heavy atom. The maximum Gasteiger partial charge on any atom is 0.261 e. The van der Waals surface area contributed by atoms with Crippen LogP contribution < -0.4 is 10.1 Å². The molecule has 5 nitrogen and oxygen atoms in total. The Balaban J connectivity index is 1.69. The van der Waals surface area contributed by atoms with Crippen LogP contribution in [0.25, 0.3) is 0 Å². The summed E-state index contributed by atoms with van der Waals surface area (Å²) in [5.41, 5.74) is 2.03. The van der Waals surface area contributed by atoms with E-state index >= 15 is 0 Å². The minimum atomic E-state index is -0.601. The second-order valence-electron chi connectivity index (χ2n) is 7.92. The first-order chi connectivity index (χ1) is 14.4. The van der Waals surface area contributed by atoms with E-state index in [4.69, 9.17) is 16.3 Å². The van der Waals surface area contributed by atoms with E-state index in [1.54, 1.807) is 24.0 Å². The van der Waals surface area contributed by atoms with Gasteiger partial charge in [-0.05, 0) is 56.5 Å². The van der Waals surface area contributed by atoms with Crippen LogP contribution >= 0.6 is 11.6 Å². The molecule has 0 saturated heterocycles. The minimum Gasteiger partial charge on any atom is -0.484 e. The van der Waals surface area contributed by atoms with Gasteiger partial charge in [0, 0.05) is 17.6 Å². The zero-order chi connectivity index (χ0) is 21.5. The van der Waals surface area contributed by atoms with Gasteiger partial charge in [0.2, 0.25) is 5.91 Å². The normalized spacial score (nSPS) is 14.9. The maximum absolute atomic E-state index is 13.0. The Kier molecular flexibility index (Phi) is 7.75. The van der Waals surface area contributed by atoms with Crippen LogP contribution in [0.4, 0.5) is 0 Å². The number of halogens is 1. The molecule has 1 atom stereocenters. The summed E-state index contributed by atoms with van der Waals surface area (Å²) in [6, 6.07) is 14.4. The Labute approximate surface area is 183 Å². The van der Waals surface area contributed by atoms with E-state index in [-0.39, 0.29) is 24.5 Å². The summed E-state index contributed by atoms with van der Waals surface area (Å²) in [6.07, 6.45) is 4.27. The van der Waals surface area contributed by atoms with Crippen molar-refractivity contribution in [1.29, 1.82) is 0 Å². The van der Waals surface area contributed by atoms with Crippen LogP contribution in [0.1, 0.15) is 43.7 Å². The number of benzene rings is 2. The van der Waals surface area contributed by atoms with E-state index in [0.29, 0.717) is 17.3 Å². The lowest BCUT2D eigenvalue weighted by Gasteiger charge is -2.29. The van der Waals surface area contributed by atoms with E-state index in [1.165, 1.54) is 0 Å². The number of hydrogen-bond acceptors (Lipinski definition) is 3. The Bertz CT molecular complexity index is 846.